The Labute approximate surface area is 191 Å². The van der Waals surface area contributed by atoms with Crippen molar-refractivity contribution in [2.24, 2.45) is 33.7 Å². The van der Waals surface area contributed by atoms with Crippen LogP contribution in [0.15, 0.2) is 28.4 Å². The summed E-state index contributed by atoms with van der Waals surface area (Å²) >= 11 is 0. The monoisotopic (exact) mass is 442 g/mol. The highest BCUT2D eigenvalue weighted by Gasteiger charge is 2.57. The minimum atomic E-state index is -0.502. The van der Waals surface area contributed by atoms with Crippen LogP contribution >= 0.6 is 0 Å². The highest BCUT2D eigenvalue weighted by molar-refractivity contribution is 6.00. The first kappa shape index (κ1) is 23.1. The number of fused-ring (bicyclic) bond motifs is 5. The molecule has 0 spiro atoms. The first-order valence-electron chi connectivity index (χ1n) is 12.2. The van der Waals surface area contributed by atoms with Crippen LogP contribution < -0.4 is 5.43 Å². The summed E-state index contributed by atoms with van der Waals surface area (Å²) < 4.78 is 10.5. The largest absolute Gasteiger partial charge is 0.462 e. The molecule has 6 nitrogen and oxygen atoms in total. The minimum Gasteiger partial charge on any atom is -0.462 e. The molecule has 0 bridgehead atoms. The van der Waals surface area contributed by atoms with E-state index in [-0.39, 0.29) is 22.9 Å². The number of allylic oxidation sites excluding steroid dienone is 3. The second-order valence-electron chi connectivity index (χ2n) is 10.6. The van der Waals surface area contributed by atoms with E-state index in [2.05, 4.69) is 36.5 Å². The van der Waals surface area contributed by atoms with E-state index in [0.717, 1.165) is 44.2 Å². The van der Waals surface area contributed by atoms with Crippen LogP contribution in [-0.2, 0) is 14.3 Å². The van der Waals surface area contributed by atoms with Crippen LogP contribution in [0.2, 0.25) is 0 Å². The first-order chi connectivity index (χ1) is 15.2. The van der Waals surface area contributed by atoms with Crippen molar-refractivity contribution < 1.29 is 19.1 Å². The fraction of sp³-hybridized carbons (Fsp3) is 0.731. The van der Waals surface area contributed by atoms with Crippen molar-refractivity contribution in [2.45, 2.75) is 85.7 Å². The number of hydrogen-bond acceptors (Lipinski definition) is 5. The van der Waals surface area contributed by atoms with Gasteiger partial charge in [-0.1, -0.05) is 31.6 Å². The van der Waals surface area contributed by atoms with Gasteiger partial charge in [0, 0.05) is 13.3 Å². The Balaban J connectivity index is 1.51. The lowest BCUT2D eigenvalue weighted by atomic mass is 9.47. The normalized spacial score (nSPS) is 38.5. The average molecular weight is 443 g/mol. The molecule has 0 radical (unpaired) electrons. The maximum atomic E-state index is 11.7. The van der Waals surface area contributed by atoms with Crippen LogP contribution in [0.3, 0.4) is 0 Å². The standard InChI is InChI=1S/C26H38N2O4/c1-6-31-24(30)28-27-16(2)21-9-10-22-20-8-7-18-15-19(32-17(3)29)11-13-25(18,4)23(20)12-14-26(21,22)5/h7,9,19-20,22-23H,6,8,10-15H2,1-5H3,(H,28,30)/b27-16-/t19-,20+,22+,23-,25-,26+/m0/s1. The number of rotatable bonds is 4. The summed E-state index contributed by atoms with van der Waals surface area (Å²) in [6.45, 7) is 10.5. The summed E-state index contributed by atoms with van der Waals surface area (Å²) in [6, 6.07) is 0. The van der Waals surface area contributed by atoms with Gasteiger partial charge in [0.1, 0.15) is 6.10 Å². The molecule has 6 atom stereocenters. The summed E-state index contributed by atoms with van der Waals surface area (Å²) in [4.78, 5) is 23.1. The molecule has 32 heavy (non-hydrogen) atoms. The summed E-state index contributed by atoms with van der Waals surface area (Å²) in [5.74, 6) is 1.78. The lowest BCUT2D eigenvalue weighted by Crippen LogP contribution is -2.50. The van der Waals surface area contributed by atoms with Gasteiger partial charge in [-0.25, -0.2) is 10.2 Å². The third-order valence-electron chi connectivity index (χ3n) is 8.95. The number of carbonyl (C=O) groups excluding carboxylic acids is 2. The fourth-order valence-electron chi connectivity index (χ4n) is 7.44. The van der Waals surface area contributed by atoms with Gasteiger partial charge in [0.05, 0.1) is 12.3 Å². The molecule has 1 N–H and O–H groups in total. The topological polar surface area (TPSA) is 77.0 Å². The molecule has 4 aliphatic carbocycles. The van der Waals surface area contributed by atoms with E-state index in [9.17, 15) is 9.59 Å². The van der Waals surface area contributed by atoms with Crippen molar-refractivity contribution in [1.29, 1.82) is 0 Å². The predicted octanol–water partition coefficient (Wildman–Crippen LogP) is 5.54. The number of carbonyl (C=O) groups is 2. The highest BCUT2D eigenvalue weighted by Crippen LogP contribution is 2.65. The van der Waals surface area contributed by atoms with E-state index in [1.807, 2.05) is 6.92 Å². The van der Waals surface area contributed by atoms with Gasteiger partial charge < -0.3 is 9.47 Å². The van der Waals surface area contributed by atoms with E-state index < -0.39 is 6.09 Å². The van der Waals surface area contributed by atoms with E-state index in [1.54, 1.807) is 6.92 Å². The zero-order valence-corrected chi connectivity index (χ0v) is 20.2. The summed E-state index contributed by atoms with van der Waals surface area (Å²) in [6.07, 6.45) is 11.9. The van der Waals surface area contributed by atoms with Crippen LogP contribution in [0.5, 0.6) is 0 Å². The van der Waals surface area contributed by atoms with Gasteiger partial charge in [0.25, 0.3) is 0 Å². The van der Waals surface area contributed by atoms with Crippen molar-refractivity contribution in [3.05, 3.63) is 23.3 Å². The van der Waals surface area contributed by atoms with Crippen molar-refractivity contribution in [3.63, 3.8) is 0 Å². The van der Waals surface area contributed by atoms with Gasteiger partial charge in [-0.05, 0) is 86.5 Å². The van der Waals surface area contributed by atoms with Gasteiger partial charge in [0.2, 0.25) is 0 Å². The fourth-order valence-corrected chi connectivity index (χ4v) is 7.44. The number of hydrogen-bond donors (Lipinski definition) is 1. The molecule has 0 aliphatic heterocycles. The number of amides is 1. The molecule has 0 aromatic carbocycles. The molecular formula is C26H38N2O4. The average Bonchev–Trinajstić information content (AvgIpc) is 3.09. The van der Waals surface area contributed by atoms with Crippen molar-refractivity contribution in [2.75, 3.05) is 6.61 Å². The van der Waals surface area contributed by atoms with Gasteiger partial charge in [-0.3, -0.25) is 4.79 Å². The van der Waals surface area contributed by atoms with Gasteiger partial charge >= 0.3 is 12.1 Å². The molecular weight excluding hydrogens is 404 g/mol. The number of hydrazone groups is 1. The van der Waals surface area contributed by atoms with Crippen molar-refractivity contribution in [1.82, 2.24) is 5.43 Å². The Morgan fingerprint density at radius 2 is 1.84 bits per heavy atom. The van der Waals surface area contributed by atoms with Gasteiger partial charge in [-0.2, -0.15) is 5.10 Å². The van der Waals surface area contributed by atoms with Crippen LogP contribution in [-0.4, -0.2) is 30.5 Å². The third-order valence-corrected chi connectivity index (χ3v) is 8.95. The molecule has 2 fully saturated rings. The van der Waals surface area contributed by atoms with E-state index in [0.29, 0.717) is 24.4 Å². The quantitative estimate of drug-likeness (QED) is 0.268. The Bertz CT molecular complexity index is 875. The van der Waals surface area contributed by atoms with E-state index in [4.69, 9.17) is 9.47 Å². The van der Waals surface area contributed by atoms with Crippen molar-refractivity contribution >= 4 is 17.8 Å². The van der Waals surface area contributed by atoms with Crippen LogP contribution in [0, 0.1) is 28.6 Å². The highest BCUT2D eigenvalue weighted by atomic mass is 16.6. The molecule has 0 heterocycles. The Hall–Kier alpha value is -2.11. The van der Waals surface area contributed by atoms with Crippen LogP contribution in [0.25, 0.3) is 0 Å². The van der Waals surface area contributed by atoms with Crippen molar-refractivity contribution in [3.8, 4) is 0 Å². The Morgan fingerprint density at radius 3 is 2.56 bits per heavy atom. The lowest BCUT2D eigenvalue weighted by molar-refractivity contribution is -0.148. The molecule has 6 heteroatoms. The number of nitrogens with zero attached hydrogens (tertiary/aromatic N) is 1. The number of esters is 1. The first-order valence-corrected chi connectivity index (χ1v) is 12.2. The number of nitrogens with one attached hydrogen (secondary N) is 1. The smallest absolute Gasteiger partial charge is 0.427 e. The molecule has 4 rings (SSSR count). The van der Waals surface area contributed by atoms with Gasteiger partial charge in [-0.15, -0.1) is 0 Å². The minimum absolute atomic E-state index is 0.0442. The number of ether oxygens (including phenoxy) is 2. The lowest BCUT2D eigenvalue weighted by Gasteiger charge is -2.57. The molecule has 2 saturated carbocycles. The Morgan fingerprint density at radius 1 is 1.09 bits per heavy atom. The maximum Gasteiger partial charge on any atom is 0.427 e. The van der Waals surface area contributed by atoms with Crippen LogP contribution in [0.4, 0.5) is 4.79 Å². The summed E-state index contributed by atoms with van der Waals surface area (Å²) in [5, 5.41) is 4.35. The molecule has 0 saturated heterocycles. The van der Waals surface area contributed by atoms with Crippen LogP contribution in [0.1, 0.15) is 79.6 Å². The molecule has 176 valence electrons. The zero-order chi connectivity index (χ0) is 23.1. The van der Waals surface area contributed by atoms with E-state index in [1.165, 1.54) is 24.5 Å². The molecule has 0 aromatic heterocycles. The molecule has 0 aromatic rings. The zero-order valence-electron chi connectivity index (χ0n) is 20.2. The Kier molecular flexibility index (Phi) is 6.25. The molecule has 4 aliphatic rings. The third kappa shape index (κ3) is 3.90. The SMILES string of the molecule is CCOC(=O)N/N=C(/C)C1=CC[C@@H]2[C@H]3CC=C4C[C@@H](OC(C)=O)CC[C@]4(C)[C@H]3CC[C@]12C. The second-order valence-corrected chi connectivity index (χ2v) is 10.6. The molecule has 1 amide bonds. The summed E-state index contributed by atoms with van der Waals surface area (Å²) in [5.41, 5.74) is 6.54. The second kappa shape index (κ2) is 8.68. The maximum absolute atomic E-state index is 11.7. The molecule has 0 unspecified atom stereocenters. The predicted molar refractivity (Wildman–Crippen MR) is 124 cm³/mol. The van der Waals surface area contributed by atoms with E-state index >= 15 is 0 Å². The van der Waals surface area contributed by atoms with Gasteiger partial charge in [0.15, 0.2) is 0 Å². The summed E-state index contributed by atoms with van der Waals surface area (Å²) in [7, 11) is 0.